The van der Waals surface area contributed by atoms with Gasteiger partial charge >= 0.3 is 0 Å². The zero-order valence-corrected chi connectivity index (χ0v) is 18.3. The third-order valence-corrected chi connectivity index (χ3v) is 6.03. The molecule has 0 amide bonds. The number of anilines is 2. The Morgan fingerprint density at radius 3 is 2.74 bits per heavy atom. The van der Waals surface area contributed by atoms with Crippen molar-refractivity contribution in [3.05, 3.63) is 69.9 Å². The van der Waals surface area contributed by atoms with Gasteiger partial charge in [-0.2, -0.15) is 0 Å². The van der Waals surface area contributed by atoms with Gasteiger partial charge in [0.25, 0.3) is 0 Å². The summed E-state index contributed by atoms with van der Waals surface area (Å²) < 4.78 is 16.8. The number of morpholine rings is 1. The molecule has 0 atom stereocenters. The molecule has 0 unspecified atom stereocenters. The average Bonchev–Trinajstić information content (AvgIpc) is 3.35. The number of nitrogens with zero attached hydrogens (tertiary/aromatic N) is 1. The number of aldehydes is 1. The third kappa shape index (κ3) is 5.37. The zero-order chi connectivity index (χ0) is 21.5. The Labute approximate surface area is 186 Å². The summed E-state index contributed by atoms with van der Waals surface area (Å²) in [5, 5.41) is 5.43. The maximum absolute atomic E-state index is 11.6. The van der Waals surface area contributed by atoms with E-state index in [9.17, 15) is 4.79 Å². The largest absolute Gasteiger partial charge is 0.493 e. The highest BCUT2D eigenvalue weighted by molar-refractivity contribution is 7.09. The van der Waals surface area contributed by atoms with E-state index in [1.807, 2.05) is 53.9 Å². The van der Waals surface area contributed by atoms with Crippen LogP contribution in [0.4, 0.5) is 11.4 Å². The number of methoxy groups -OCH3 is 1. The molecule has 3 aromatic rings. The van der Waals surface area contributed by atoms with Crippen molar-refractivity contribution < 1.29 is 19.0 Å². The molecule has 1 fully saturated rings. The van der Waals surface area contributed by atoms with Crippen LogP contribution < -0.4 is 19.7 Å². The number of carbonyl (C=O) groups excluding carboxylic acids is 1. The molecule has 2 heterocycles. The van der Waals surface area contributed by atoms with Crippen LogP contribution in [0.2, 0.25) is 0 Å². The van der Waals surface area contributed by atoms with Crippen LogP contribution in [0.5, 0.6) is 11.5 Å². The first-order valence-electron chi connectivity index (χ1n) is 10.2. The summed E-state index contributed by atoms with van der Waals surface area (Å²) >= 11 is 1.67. The molecule has 0 bridgehead atoms. The van der Waals surface area contributed by atoms with Gasteiger partial charge in [-0.25, -0.2) is 0 Å². The SMILES string of the molecule is COc1cc(CNc2ccc(N3CCOCC3)c(C=O)c2)ccc1OCc1cccs1. The van der Waals surface area contributed by atoms with E-state index >= 15 is 0 Å². The lowest BCUT2D eigenvalue weighted by Crippen LogP contribution is -2.36. The van der Waals surface area contributed by atoms with Crippen molar-refractivity contribution in [1.82, 2.24) is 0 Å². The van der Waals surface area contributed by atoms with Crippen molar-refractivity contribution in [3.63, 3.8) is 0 Å². The van der Waals surface area contributed by atoms with E-state index in [0.29, 0.717) is 37.7 Å². The molecule has 0 spiro atoms. The highest BCUT2D eigenvalue weighted by Gasteiger charge is 2.15. The van der Waals surface area contributed by atoms with Crippen LogP contribution in [0.3, 0.4) is 0 Å². The maximum atomic E-state index is 11.6. The van der Waals surface area contributed by atoms with Crippen LogP contribution in [0, 0.1) is 0 Å². The Balaban J connectivity index is 1.40. The number of hydrogen-bond donors (Lipinski definition) is 1. The van der Waals surface area contributed by atoms with Crippen LogP contribution in [-0.2, 0) is 17.9 Å². The van der Waals surface area contributed by atoms with Crippen LogP contribution in [-0.4, -0.2) is 39.7 Å². The molecule has 6 nitrogen and oxygen atoms in total. The van der Waals surface area contributed by atoms with Crippen molar-refractivity contribution in [1.29, 1.82) is 0 Å². The Kier molecular flexibility index (Phi) is 7.07. The van der Waals surface area contributed by atoms with Crippen molar-refractivity contribution in [3.8, 4) is 11.5 Å². The molecule has 0 aliphatic carbocycles. The second kappa shape index (κ2) is 10.3. The summed E-state index contributed by atoms with van der Waals surface area (Å²) in [6.07, 6.45) is 0.915. The fourth-order valence-corrected chi connectivity index (χ4v) is 4.16. The molecule has 1 aromatic heterocycles. The summed E-state index contributed by atoms with van der Waals surface area (Å²) in [6.45, 7) is 4.11. The quantitative estimate of drug-likeness (QED) is 0.493. The second-order valence-electron chi connectivity index (χ2n) is 7.20. The molecule has 1 N–H and O–H groups in total. The van der Waals surface area contributed by atoms with E-state index in [4.69, 9.17) is 14.2 Å². The summed E-state index contributed by atoms with van der Waals surface area (Å²) in [5.41, 5.74) is 3.60. The van der Waals surface area contributed by atoms with Crippen molar-refractivity contribution in [2.45, 2.75) is 13.2 Å². The minimum atomic E-state index is 0.523. The monoisotopic (exact) mass is 438 g/mol. The number of nitrogens with one attached hydrogen (secondary N) is 1. The molecule has 7 heteroatoms. The van der Waals surface area contributed by atoms with Gasteiger partial charge in [0, 0.05) is 41.4 Å². The summed E-state index contributed by atoms with van der Waals surface area (Å²) in [5.74, 6) is 1.42. The van der Waals surface area contributed by atoms with E-state index in [0.717, 1.165) is 42.1 Å². The molecule has 2 aromatic carbocycles. The zero-order valence-electron chi connectivity index (χ0n) is 17.5. The smallest absolute Gasteiger partial charge is 0.161 e. The van der Waals surface area contributed by atoms with E-state index in [1.54, 1.807) is 18.4 Å². The number of hydrogen-bond acceptors (Lipinski definition) is 7. The second-order valence-corrected chi connectivity index (χ2v) is 8.23. The molecule has 0 radical (unpaired) electrons. The number of ether oxygens (including phenoxy) is 3. The molecule has 0 saturated carbocycles. The summed E-state index contributed by atoms with van der Waals surface area (Å²) in [7, 11) is 1.64. The fraction of sp³-hybridized carbons (Fsp3) is 0.292. The van der Waals surface area contributed by atoms with Crippen molar-refractivity contribution >= 4 is 29.0 Å². The van der Waals surface area contributed by atoms with Gasteiger partial charge in [-0.05, 0) is 47.3 Å². The first-order valence-corrected chi connectivity index (χ1v) is 11.1. The molecule has 162 valence electrons. The normalized spacial score (nSPS) is 13.6. The van der Waals surface area contributed by atoms with Gasteiger partial charge in [0.05, 0.1) is 20.3 Å². The molecule has 1 aliphatic rings. The number of carbonyl (C=O) groups is 1. The lowest BCUT2D eigenvalue weighted by atomic mass is 10.1. The fourth-order valence-electron chi connectivity index (χ4n) is 3.54. The van der Waals surface area contributed by atoms with E-state index in [1.165, 1.54) is 4.88 Å². The highest BCUT2D eigenvalue weighted by Crippen LogP contribution is 2.30. The van der Waals surface area contributed by atoms with Gasteiger partial charge in [0.1, 0.15) is 6.61 Å². The number of benzene rings is 2. The van der Waals surface area contributed by atoms with Crippen molar-refractivity contribution in [2.24, 2.45) is 0 Å². The Morgan fingerprint density at radius 1 is 1.13 bits per heavy atom. The van der Waals surface area contributed by atoms with E-state index in [-0.39, 0.29) is 0 Å². The Bertz CT molecular complexity index is 1000. The first kappa shape index (κ1) is 21.2. The molecule has 1 aliphatic heterocycles. The van der Waals surface area contributed by atoms with Crippen LogP contribution in [0.25, 0.3) is 0 Å². The molecule has 31 heavy (non-hydrogen) atoms. The maximum Gasteiger partial charge on any atom is 0.161 e. The van der Waals surface area contributed by atoms with Gasteiger partial charge in [0.15, 0.2) is 17.8 Å². The minimum Gasteiger partial charge on any atom is -0.493 e. The first-order chi connectivity index (χ1) is 15.3. The molecule has 1 saturated heterocycles. The van der Waals surface area contributed by atoms with E-state index < -0.39 is 0 Å². The van der Waals surface area contributed by atoms with Crippen molar-refractivity contribution in [2.75, 3.05) is 43.6 Å². The lowest BCUT2D eigenvalue weighted by molar-refractivity contribution is 0.111. The lowest BCUT2D eigenvalue weighted by Gasteiger charge is -2.30. The highest BCUT2D eigenvalue weighted by atomic mass is 32.1. The number of rotatable bonds is 9. The Hall–Kier alpha value is -3.03. The molecular formula is C24H26N2O4S. The molecular weight excluding hydrogens is 412 g/mol. The minimum absolute atomic E-state index is 0.523. The molecule has 4 rings (SSSR count). The van der Waals surface area contributed by atoms with Crippen LogP contribution >= 0.6 is 11.3 Å². The van der Waals surface area contributed by atoms with Gasteiger partial charge in [0.2, 0.25) is 0 Å². The van der Waals surface area contributed by atoms with Gasteiger partial charge in [-0.3, -0.25) is 4.79 Å². The van der Waals surface area contributed by atoms with Gasteiger partial charge in [-0.1, -0.05) is 12.1 Å². The standard InChI is InChI=1S/C24H26N2O4S/c1-28-24-13-18(4-7-23(24)30-17-21-3-2-12-31-21)15-25-20-5-6-22(19(14-20)16-27)26-8-10-29-11-9-26/h2-7,12-14,16,25H,8-11,15,17H2,1H3. The number of thiophene rings is 1. The summed E-state index contributed by atoms with van der Waals surface area (Å²) in [4.78, 5) is 15.0. The third-order valence-electron chi connectivity index (χ3n) is 5.18. The van der Waals surface area contributed by atoms with E-state index in [2.05, 4.69) is 10.2 Å². The van der Waals surface area contributed by atoms with Crippen LogP contribution in [0.15, 0.2) is 53.9 Å². The predicted molar refractivity (Wildman–Crippen MR) is 124 cm³/mol. The van der Waals surface area contributed by atoms with Gasteiger partial charge in [-0.15, -0.1) is 11.3 Å². The van der Waals surface area contributed by atoms with Gasteiger partial charge < -0.3 is 24.4 Å². The topological polar surface area (TPSA) is 60.0 Å². The Morgan fingerprint density at radius 2 is 2.00 bits per heavy atom. The van der Waals surface area contributed by atoms with Crippen LogP contribution in [0.1, 0.15) is 20.8 Å². The summed E-state index contributed by atoms with van der Waals surface area (Å²) in [6, 6.07) is 15.9. The average molecular weight is 439 g/mol. The predicted octanol–water partition coefficient (Wildman–Crippen LogP) is 4.60.